The van der Waals surface area contributed by atoms with Crippen molar-refractivity contribution in [3.63, 3.8) is 0 Å². The van der Waals surface area contributed by atoms with Gasteiger partial charge in [0.15, 0.2) is 0 Å². The van der Waals surface area contributed by atoms with E-state index < -0.39 is 0 Å². The average Bonchev–Trinajstić information content (AvgIpc) is 3.23. The molecule has 0 saturated carbocycles. The first kappa shape index (κ1) is 16.7. The number of thiophene rings is 1. The van der Waals surface area contributed by atoms with E-state index in [-0.39, 0.29) is 0 Å². The quantitative estimate of drug-likeness (QED) is 0.872. The minimum atomic E-state index is 0.373. The molecule has 2 aromatic heterocycles. The molecule has 0 aromatic carbocycles. The Morgan fingerprint density at radius 2 is 2.09 bits per heavy atom. The Morgan fingerprint density at radius 3 is 2.74 bits per heavy atom. The van der Waals surface area contributed by atoms with Crippen molar-refractivity contribution in [2.24, 2.45) is 0 Å². The van der Waals surface area contributed by atoms with Crippen LogP contribution in [0.1, 0.15) is 53.2 Å². The SMILES string of the molecule is Cc1n[nH]c(C)c1[C@H](C)N(C)Cc1cc(CN2CCCC2)cs1. The number of aromatic nitrogens is 2. The van der Waals surface area contributed by atoms with Crippen LogP contribution in [-0.4, -0.2) is 40.1 Å². The monoisotopic (exact) mass is 332 g/mol. The van der Waals surface area contributed by atoms with Gasteiger partial charge < -0.3 is 0 Å². The van der Waals surface area contributed by atoms with Gasteiger partial charge in [0, 0.05) is 35.3 Å². The molecule has 0 unspecified atom stereocenters. The number of aryl methyl sites for hydroxylation is 2. The molecule has 1 saturated heterocycles. The van der Waals surface area contributed by atoms with Gasteiger partial charge in [-0.2, -0.15) is 5.10 Å². The molecular formula is C18H28N4S. The van der Waals surface area contributed by atoms with Crippen LogP contribution in [0, 0.1) is 13.8 Å². The third-order valence-corrected chi connectivity index (χ3v) is 5.95. The van der Waals surface area contributed by atoms with Gasteiger partial charge in [-0.05, 0) is 70.8 Å². The Labute approximate surface area is 143 Å². The molecule has 0 spiro atoms. The number of nitrogens with zero attached hydrogens (tertiary/aromatic N) is 3. The molecule has 5 heteroatoms. The molecule has 1 atom stereocenters. The molecule has 1 fully saturated rings. The predicted molar refractivity (Wildman–Crippen MR) is 96.8 cm³/mol. The highest BCUT2D eigenvalue weighted by molar-refractivity contribution is 7.10. The van der Waals surface area contributed by atoms with Gasteiger partial charge in [0.25, 0.3) is 0 Å². The highest BCUT2D eigenvalue weighted by Crippen LogP contribution is 2.27. The summed E-state index contributed by atoms with van der Waals surface area (Å²) in [5.41, 5.74) is 5.11. The van der Waals surface area contributed by atoms with Crippen molar-refractivity contribution in [2.75, 3.05) is 20.1 Å². The molecule has 0 bridgehead atoms. The van der Waals surface area contributed by atoms with Crippen molar-refractivity contribution in [3.05, 3.63) is 38.8 Å². The lowest BCUT2D eigenvalue weighted by atomic mass is 10.1. The molecule has 4 nitrogen and oxygen atoms in total. The highest BCUT2D eigenvalue weighted by Gasteiger charge is 2.19. The molecule has 1 N–H and O–H groups in total. The van der Waals surface area contributed by atoms with Crippen molar-refractivity contribution >= 4 is 11.3 Å². The Balaban J connectivity index is 1.61. The molecule has 0 aliphatic carbocycles. The van der Waals surface area contributed by atoms with E-state index in [0.29, 0.717) is 6.04 Å². The topological polar surface area (TPSA) is 35.2 Å². The molecular weight excluding hydrogens is 304 g/mol. The third-order valence-electron chi connectivity index (χ3n) is 4.98. The molecule has 3 heterocycles. The summed E-state index contributed by atoms with van der Waals surface area (Å²) in [4.78, 5) is 6.43. The lowest BCUT2D eigenvalue weighted by molar-refractivity contribution is 0.254. The van der Waals surface area contributed by atoms with E-state index in [9.17, 15) is 0 Å². The van der Waals surface area contributed by atoms with Crippen LogP contribution in [-0.2, 0) is 13.1 Å². The van der Waals surface area contributed by atoms with Gasteiger partial charge in [0.1, 0.15) is 0 Å². The third kappa shape index (κ3) is 3.84. The van der Waals surface area contributed by atoms with Crippen LogP contribution in [0.15, 0.2) is 11.4 Å². The maximum Gasteiger partial charge on any atom is 0.0641 e. The molecule has 0 amide bonds. The summed E-state index contributed by atoms with van der Waals surface area (Å²) in [5.74, 6) is 0. The maximum absolute atomic E-state index is 4.33. The van der Waals surface area contributed by atoms with E-state index in [1.807, 2.05) is 11.3 Å². The second-order valence-electron chi connectivity index (χ2n) is 6.84. The maximum atomic E-state index is 4.33. The fraction of sp³-hybridized carbons (Fsp3) is 0.611. The van der Waals surface area contributed by atoms with Gasteiger partial charge in [-0.3, -0.25) is 14.9 Å². The summed E-state index contributed by atoms with van der Waals surface area (Å²) < 4.78 is 0. The second kappa shape index (κ2) is 7.16. The van der Waals surface area contributed by atoms with E-state index in [4.69, 9.17) is 0 Å². The zero-order valence-corrected chi connectivity index (χ0v) is 15.5. The largest absolute Gasteiger partial charge is 0.299 e. The summed E-state index contributed by atoms with van der Waals surface area (Å²) in [7, 11) is 2.20. The van der Waals surface area contributed by atoms with Gasteiger partial charge in [-0.1, -0.05) is 0 Å². The number of hydrogen-bond donors (Lipinski definition) is 1. The van der Waals surface area contributed by atoms with Crippen LogP contribution < -0.4 is 0 Å². The van der Waals surface area contributed by atoms with E-state index in [1.165, 1.54) is 47.6 Å². The molecule has 126 valence electrons. The zero-order chi connectivity index (χ0) is 16.4. The number of aromatic amines is 1. The van der Waals surface area contributed by atoms with Gasteiger partial charge in [-0.15, -0.1) is 11.3 Å². The van der Waals surface area contributed by atoms with Crippen molar-refractivity contribution in [1.29, 1.82) is 0 Å². The van der Waals surface area contributed by atoms with E-state index in [1.54, 1.807) is 0 Å². The van der Waals surface area contributed by atoms with E-state index in [2.05, 4.69) is 59.3 Å². The molecule has 23 heavy (non-hydrogen) atoms. The lowest BCUT2D eigenvalue weighted by Gasteiger charge is -2.24. The van der Waals surface area contributed by atoms with Gasteiger partial charge in [0.2, 0.25) is 0 Å². The average molecular weight is 333 g/mol. The first-order valence-electron chi connectivity index (χ1n) is 8.55. The Hall–Kier alpha value is -1.17. The lowest BCUT2D eigenvalue weighted by Crippen LogP contribution is -2.22. The minimum absolute atomic E-state index is 0.373. The number of nitrogens with one attached hydrogen (secondary N) is 1. The van der Waals surface area contributed by atoms with Crippen LogP contribution in [0.5, 0.6) is 0 Å². The summed E-state index contributed by atoms with van der Waals surface area (Å²) in [6.45, 7) is 11.1. The predicted octanol–water partition coefficient (Wildman–Crippen LogP) is 3.88. The fourth-order valence-electron chi connectivity index (χ4n) is 3.57. The summed E-state index contributed by atoms with van der Waals surface area (Å²) in [6, 6.07) is 2.76. The van der Waals surface area contributed by atoms with Crippen molar-refractivity contribution in [3.8, 4) is 0 Å². The standard InChI is InChI=1S/C18H28N4S/c1-13-18(14(2)20-19-13)15(3)21(4)11-17-9-16(12-23-17)10-22-7-5-6-8-22/h9,12,15H,5-8,10-11H2,1-4H3,(H,19,20)/t15-/m0/s1. The molecule has 0 radical (unpaired) electrons. The van der Waals surface area contributed by atoms with Crippen LogP contribution in [0.2, 0.25) is 0 Å². The molecule has 2 aromatic rings. The fourth-order valence-corrected chi connectivity index (χ4v) is 4.51. The number of hydrogen-bond acceptors (Lipinski definition) is 4. The van der Waals surface area contributed by atoms with Crippen LogP contribution >= 0.6 is 11.3 Å². The van der Waals surface area contributed by atoms with Crippen LogP contribution in [0.4, 0.5) is 0 Å². The zero-order valence-electron chi connectivity index (χ0n) is 14.7. The Kier molecular flexibility index (Phi) is 5.19. The van der Waals surface area contributed by atoms with Crippen LogP contribution in [0.25, 0.3) is 0 Å². The van der Waals surface area contributed by atoms with Gasteiger partial charge in [-0.25, -0.2) is 0 Å². The number of rotatable bonds is 6. The second-order valence-corrected chi connectivity index (χ2v) is 7.84. The Morgan fingerprint density at radius 1 is 1.35 bits per heavy atom. The first-order chi connectivity index (χ1) is 11.0. The van der Waals surface area contributed by atoms with Crippen molar-refractivity contribution in [1.82, 2.24) is 20.0 Å². The van der Waals surface area contributed by atoms with Crippen LogP contribution in [0.3, 0.4) is 0 Å². The minimum Gasteiger partial charge on any atom is -0.299 e. The highest BCUT2D eigenvalue weighted by atomic mass is 32.1. The normalized spacial score (nSPS) is 17.3. The summed E-state index contributed by atoms with van der Waals surface area (Å²) in [6.07, 6.45) is 2.72. The van der Waals surface area contributed by atoms with Crippen molar-refractivity contribution in [2.45, 2.75) is 52.7 Å². The number of H-pyrrole nitrogens is 1. The molecule has 1 aliphatic rings. The molecule has 3 rings (SSSR count). The van der Waals surface area contributed by atoms with E-state index >= 15 is 0 Å². The van der Waals surface area contributed by atoms with Gasteiger partial charge in [0.05, 0.1) is 5.69 Å². The summed E-state index contributed by atoms with van der Waals surface area (Å²) in [5, 5.41) is 9.77. The first-order valence-corrected chi connectivity index (χ1v) is 9.43. The smallest absolute Gasteiger partial charge is 0.0641 e. The van der Waals surface area contributed by atoms with Gasteiger partial charge >= 0.3 is 0 Å². The summed E-state index contributed by atoms with van der Waals surface area (Å²) >= 11 is 1.89. The Bertz CT molecular complexity index is 620. The number of likely N-dealkylation sites (tertiary alicyclic amines) is 1. The van der Waals surface area contributed by atoms with E-state index in [0.717, 1.165) is 18.8 Å². The van der Waals surface area contributed by atoms with Crippen molar-refractivity contribution < 1.29 is 0 Å². The molecule has 1 aliphatic heterocycles.